The monoisotopic (exact) mass is 461 g/mol. The van der Waals surface area contributed by atoms with Crippen LogP contribution in [0.3, 0.4) is 0 Å². The van der Waals surface area contributed by atoms with Gasteiger partial charge in [0.2, 0.25) is 0 Å². The van der Waals surface area contributed by atoms with Gasteiger partial charge in [0, 0.05) is 31.2 Å². The summed E-state index contributed by atoms with van der Waals surface area (Å²) in [5, 5.41) is 0. The SMILES string of the molecule is O=S1(=O)N=Cc2ccccc2N1C1CCN(Cc2ccc(OCc3ccccc3)cc2)CC1. The first-order valence-electron chi connectivity index (χ1n) is 11.3. The third-order valence-electron chi connectivity index (χ3n) is 6.21. The molecule has 0 unspecified atom stereocenters. The molecule has 0 saturated carbocycles. The summed E-state index contributed by atoms with van der Waals surface area (Å²) in [6, 6.07) is 25.8. The fraction of sp³-hybridized carbons (Fsp3) is 0.269. The van der Waals surface area contributed by atoms with E-state index in [1.807, 2.05) is 54.6 Å². The average molecular weight is 462 g/mol. The number of rotatable bonds is 6. The van der Waals surface area contributed by atoms with E-state index in [0.29, 0.717) is 6.61 Å². The molecule has 2 heterocycles. The van der Waals surface area contributed by atoms with Gasteiger partial charge in [0.25, 0.3) is 0 Å². The second kappa shape index (κ2) is 9.37. The second-order valence-electron chi connectivity index (χ2n) is 8.49. The van der Waals surface area contributed by atoms with Crippen molar-refractivity contribution in [2.75, 3.05) is 17.4 Å². The van der Waals surface area contributed by atoms with Gasteiger partial charge in [-0.1, -0.05) is 60.7 Å². The van der Waals surface area contributed by atoms with Crippen LogP contribution in [0.5, 0.6) is 5.75 Å². The van der Waals surface area contributed by atoms with Crippen molar-refractivity contribution in [2.24, 2.45) is 4.40 Å². The van der Waals surface area contributed by atoms with Gasteiger partial charge in [-0.15, -0.1) is 0 Å². The molecule has 0 atom stereocenters. The lowest BCUT2D eigenvalue weighted by molar-refractivity contribution is 0.206. The minimum atomic E-state index is -3.67. The minimum absolute atomic E-state index is 0.0707. The van der Waals surface area contributed by atoms with Gasteiger partial charge in [0.05, 0.1) is 11.9 Å². The number of ether oxygens (including phenoxy) is 1. The number of likely N-dealkylation sites (tertiary alicyclic amines) is 1. The molecular formula is C26H27N3O3S. The van der Waals surface area contributed by atoms with E-state index in [0.717, 1.165) is 55.0 Å². The maximum Gasteiger partial charge on any atom is 0.344 e. The van der Waals surface area contributed by atoms with Crippen molar-refractivity contribution in [2.45, 2.75) is 32.0 Å². The summed E-state index contributed by atoms with van der Waals surface area (Å²) in [5.41, 5.74) is 3.95. The quantitative estimate of drug-likeness (QED) is 0.545. The Balaban J connectivity index is 1.17. The third kappa shape index (κ3) is 4.94. The number of anilines is 1. The van der Waals surface area contributed by atoms with Gasteiger partial charge in [0.1, 0.15) is 12.4 Å². The molecule has 0 N–H and O–H groups in total. The molecule has 5 rings (SSSR count). The van der Waals surface area contributed by atoms with Crippen molar-refractivity contribution in [3.63, 3.8) is 0 Å². The van der Waals surface area contributed by atoms with Gasteiger partial charge in [-0.05, 0) is 42.2 Å². The molecule has 1 saturated heterocycles. The summed E-state index contributed by atoms with van der Waals surface area (Å²) >= 11 is 0. The van der Waals surface area contributed by atoms with Gasteiger partial charge in [0.15, 0.2) is 0 Å². The third-order valence-corrected chi connectivity index (χ3v) is 7.58. The Labute approximate surface area is 195 Å². The van der Waals surface area contributed by atoms with Crippen molar-refractivity contribution in [1.29, 1.82) is 0 Å². The van der Waals surface area contributed by atoms with E-state index in [9.17, 15) is 8.42 Å². The van der Waals surface area contributed by atoms with E-state index in [4.69, 9.17) is 4.74 Å². The predicted octanol–water partition coefficient (Wildman–Crippen LogP) is 4.41. The van der Waals surface area contributed by atoms with Crippen molar-refractivity contribution >= 4 is 22.1 Å². The molecule has 33 heavy (non-hydrogen) atoms. The van der Waals surface area contributed by atoms with Crippen molar-refractivity contribution in [3.05, 3.63) is 95.6 Å². The lowest BCUT2D eigenvalue weighted by atomic mass is 10.0. The molecule has 170 valence electrons. The number of fused-ring (bicyclic) bond motifs is 1. The van der Waals surface area contributed by atoms with Crippen molar-refractivity contribution in [1.82, 2.24) is 4.90 Å². The van der Waals surface area contributed by atoms with Crippen LogP contribution >= 0.6 is 0 Å². The molecule has 1 fully saturated rings. The summed E-state index contributed by atoms with van der Waals surface area (Å²) in [6.07, 6.45) is 3.01. The molecule has 0 radical (unpaired) electrons. The highest BCUT2D eigenvalue weighted by Gasteiger charge is 2.35. The standard InChI is InChI=1S/C26H27N3O3S/c30-33(31)27-18-23-8-4-5-9-26(23)29(33)24-14-16-28(17-15-24)19-21-10-12-25(13-11-21)32-20-22-6-2-1-3-7-22/h1-13,18,24H,14-17,19-20H2. The fourth-order valence-corrected chi connectivity index (χ4v) is 5.83. The number of piperidine rings is 1. The highest BCUT2D eigenvalue weighted by Crippen LogP contribution is 2.32. The number of benzene rings is 3. The molecule has 2 aliphatic heterocycles. The molecule has 2 aliphatic rings. The molecule has 0 aromatic heterocycles. The summed E-state index contributed by atoms with van der Waals surface area (Å²) in [4.78, 5) is 2.38. The van der Waals surface area contributed by atoms with Gasteiger partial charge in [-0.25, -0.2) is 4.31 Å². The van der Waals surface area contributed by atoms with Crippen LogP contribution in [0.15, 0.2) is 83.3 Å². The second-order valence-corrected chi connectivity index (χ2v) is 9.99. The zero-order chi connectivity index (χ0) is 22.7. The molecule has 3 aromatic carbocycles. The molecule has 0 amide bonds. The van der Waals surface area contributed by atoms with Gasteiger partial charge in [-0.3, -0.25) is 4.90 Å². The van der Waals surface area contributed by atoms with Crippen molar-refractivity contribution in [3.8, 4) is 5.75 Å². The van der Waals surface area contributed by atoms with Crippen LogP contribution < -0.4 is 9.04 Å². The van der Waals surface area contributed by atoms with Crippen LogP contribution in [0, 0.1) is 0 Å². The van der Waals surface area contributed by atoms with Crippen LogP contribution in [0.25, 0.3) is 0 Å². The van der Waals surface area contributed by atoms with Gasteiger partial charge < -0.3 is 4.74 Å². The Morgan fingerprint density at radius 2 is 1.55 bits per heavy atom. The normalized spacial score (nSPS) is 18.1. The first-order valence-corrected chi connectivity index (χ1v) is 12.6. The minimum Gasteiger partial charge on any atom is -0.489 e. The van der Waals surface area contributed by atoms with Crippen molar-refractivity contribution < 1.29 is 13.2 Å². The molecule has 0 aliphatic carbocycles. The molecule has 0 bridgehead atoms. The highest BCUT2D eigenvalue weighted by atomic mass is 32.2. The van der Waals surface area contributed by atoms with Gasteiger partial charge >= 0.3 is 10.2 Å². The first kappa shape index (κ1) is 21.7. The van der Waals surface area contributed by atoms with Crippen LogP contribution in [-0.4, -0.2) is 38.7 Å². The van der Waals surface area contributed by atoms with Crippen LogP contribution in [-0.2, 0) is 23.4 Å². The Kier molecular flexibility index (Phi) is 6.15. The summed E-state index contributed by atoms with van der Waals surface area (Å²) < 4.78 is 36.6. The molecule has 7 heteroatoms. The van der Waals surface area contributed by atoms with E-state index in [2.05, 4.69) is 33.6 Å². The lowest BCUT2D eigenvalue weighted by Gasteiger charge is -2.39. The van der Waals surface area contributed by atoms with E-state index in [1.165, 1.54) is 16.1 Å². The van der Waals surface area contributed by atoms with E-state index in [1.54, 1.807) is 0 Å². The maximum atomic E-state index is 12.7. The van der Waals surface area contributed by atoms with Crippen LogP contribution in [0.1, 0.15) is 29.5 Å². The Morgan fingerprint density at radius 3 is 2.30 bits per heavy atom. The molecule has 6 nitrogen and oxygen atoms in total. The maximum absolute atomic E-state index is 12.7. The Bertz CT molecular complexity index is 1220. The predicted molar refractivity (Wildman–Crippen MR) is 131 cm³/mol. The number of para-hydroxylation sites is 1. The topological polar surface area (TPSA) is 62.2 Å². The zero-order valence-corrected chi connectivity index (χ0v) is 19.2. The average Bonchev–Trinajstić information content (AvgIpc) is 2.85. The number of hydrogen-bond donors (Lipinski definition) is 0. The number of hydrogen-bond acceptors (Lipinski definition) is 4. The van der Waals surface area contributed by atoms with E-state index < -0.39 is 10.2 Å². The van der Waals surface area contributed by atoms with E-state index >= 15 is 0 Å². The Morgan fingerprint density at radius 1 is 0.848 bits per heavy atom. The molecule has 0 spiro atoms. The number of nitrogens with zero attached hydrogens (tertiary/aromatic N) is 3. The summed E-state index contributed by atoms with van der Waals surface area (Å²) in [7, 11) is -3.67. The highest BCUT2D eigenvalue weighted by molar-refractivity contribution is 7.91. The molecule has 3 aromatic rings. The summed E-state index contributed by atoms with van der Waals surface area (Å²) in [6.45, 7) is 3.08. The smallest absolute Gasteiger partial charge is 0.344 e. The molecular weight excluding hydrogens is 434 g/mol. The van der Waals surface area contributed by atoms with E-state index in [-0.39, 0.29) is 6.04 Å². The lowest BCUT2D eigenvalue weighted by Crippen LogP contribution is -2.48. The largest absolute Gasteiger partial charge is 0.489 e. The Hall–Kier alpha value is -3.16. The van der Waals surface area contributed by atoms with Gasteiger partial charge in [-0.2, -0.15) is 12.8 Å². The zero-order valence-electron chi connectivity index (χ0n) is 18.4. The van der Waals surface area contributed by atoms with Crippen LogP contribution in [0.2, 0.25) is 0 Å². The first-order chi connectivity index (χ1) is 16.1. The summed E-state index contributed by atoms with van der Waals surface area (Å²) in [5.74, 6) is 0.857. The van der Waals surface area contributed by atoms with Crippen LogP contribution in [0.4, 0.5) is 5.69 Å². The fourth-order valence-electron chi connectivity index (χ4n) is 4.48.